The van der Waals surface area contributed by atoms with E-state index in [0.717, 1.165) is 47.6 Å². The van der Waals surface area contributed by atoms with Crippen molar-refractivity contribution in [3.63, 3.8) is 0 Å². The first-order valence-electron chi connectivity index (χ1n) is 27.3. The van der Waals surface area contributed by atoms with E-state index in [1.165, 1.54) is 71.3 Å². The average molecular weight is 1160 g/mol. The van der Waals surface area contributed by atoms with Gasteiger partial charge >= 0.3 is 0 Å². The number of benzene rings is 6. The number of rotatable bonds is 18. The summed E-state index contributed by atoms with van der Waals surface area (Å²) in [7, 11) is -7.64. The number of nitrogens with one attached hydrogen (secondary N) is 4. The van der Waals surface area contributed by atoms with Crippen LogP contribution in [0.1, 0.15) is 91.3 Å². The SMILES string of the molecule is O=C(NCC1CCC1)c1ncccc1NC(=O)c1ccc(Cn2cc(S(=O)(=O)c3ccccc3)nn2)c2ccccc12.O=C(NCC1CCC1)c1ncccc1NC(=O)c1ccc(Cn2nncc2S(=O)(=O)c2ccccc2)c2ccccc12. The fourth-order valence-corrected chi connectivity index (χ4v) is 12.5. The van der Waals surface area contributed by atoms with Crippen LogP contribution in [0.5, 0.6) is 0 Å². The molecular formula is C62H56N12O8S2. The van der Waals surface area contributed by atoms with Gasteiger partial charge in [0.1, 0.15) is 0 Å². The van der Waals surface area contributed by atoms with Crippen molar-refractivity contribution in [3.05, 3.63) is 216 Å². The van der Waals surface area contributed by atoms with E-state index in [9.17, 15) is 36.0 Å². The van der Waals surface area contributed by atoms with E-state index in [4.69, 9.17) is 0 Å². The number of fused-ring (bicyclic) bond motifs is 2. The first-order valence-corrected chi connectivity index (χ1v) is 30.3. The standard InChI is InChI=1S/2C31H28N6O4S/c38-30(35-27-14-7-17-32-29(27)31(39)33-18-21-8-6-9-21)26-16-15-22(24-12-4-5-13-25(24)26)20-37-28(19-34-36-37)42(40,41)23-10-2-1-3-11-23;38-30(34-27-14-7-17-32-29(27)31(39)33-18-21-8-6-9-21)26-16-15-22(24-12-4-5-13-25(24)26)19-37-20-28(35-36-37)42(40,41)23-10-2-1-3-11-23/h1-5,7,10-17,19,21H,6,8-9,18,20H2,(H,33,39)(H,35,38);1-5,7,10-17,20-21H,6,8-9,18-19H2,(H,33,39)(H,34,38). The van der Waals surface area contributed by atoms with Gasteiger partial charge in [0.15, 0.2) is 16.4 Å². The number of hydrogen-bond donors (Lipinski definition) is 4. The van der Waals surface area contributed by atoms with Crippen LogP contribution in [-0.2, 0) is 32.8 Å². The molecule has 2 fully saturated rings. The van der Waals surface area contributed by atoms with Crippen LogP contribution < -0.4 is 21.3 Å². The minimum absolute atomic E-state index is 0.0284. The van der Waals surface area contributed by atoms with Crippen LogP contribution in [0, 0.1) is 11.8 Å². The molecule has 22 heteroatoms. The molecule has 84 heavy (non-hydrogen) atoms. The molecule has 0 unspecified atom stereocenters. The maximum Gasteiger partial charge on any atom is 0.272 e. The fraction of sp³-hybridized carbons (Fsp3) is 0.194. The maximum absolute atomic E-state index is 13.5. The van der Waals surface area contributed by atoms with Gasteiger partial charge in [0.2, 0.25) is 24.7 Å². The summed E-state index contributed by atoms with van der Waals surface area (Å²) < 4.78 is 55.2. The number of hydrogen-bond acceptors (Lipinski definition) is 14. The van der Waals surface area contributed by atoms with Crippen LogP contribution in [-0.4, -0.2) is 93.5 Å². The molecular weight excluding hydrogens is 1100 g/mol. The Hall–Kier alpha value is -9.80. The van der Waals surface area contributed by atoms with Gasteiger partial charge in [-0.1, -0.05) is 120 Å². The molecule has 424 valence electrons. The number of pyridine rings is 2. The Morgan fingerprint density at radius 3 is 1.44 bits per heavy atom. The summed E-state index contributed by atoms with van der Waals surface area (Å²) in [5.74, 6) is -0.431. The Kier molecular flexibility index (Phi) is 16.5. The summed E-state index contributed by atoms with van der Waals surface area (Å²) in [4.78, 5) is 61.4. The summed E-state index contributed by atoms with van der Waals surface area (Å²) in [6, 6.07) is 44.6. The van der Waals surface area contributed by atoms with E-state index < -0.39 is 25.6 Å². The van der Waals surface area contributed by atoms with Gasteiger partial charge in [-0.25, -0.2) is 36.2 Å². The molecule has 0 saturated heterocycles. The Morgan fingerprint density at radius 2 is 0.952 bits per heavy atom. The van der Waals surface area contributed by atoms with Crippen LogP contribution in [0.3, 0.4) is 0 Å². The zero-order valence-corrected chi connectivity index (χ0v) is 46.8. The summed E-state index contributed by atoms with van der Waals surface area (Å²) in [6.45, 7) is 1.56. The van der Waals surface area contributed by atoms with E-state index in [1.54, 1.807) is 84.9 Å². The summed E-state index contributed by atoms with van der Waals surface area (Å²) >= 11 is 0. The third-order valence-corrected chi connectivity index (χ3v) is 18.4. The highest BCUT2D eigenvalue weighted by Crippen LogP contribution is 2.30. The molecule has 2 aliphatic rings. The lowest BCUT2D eigenvalue weighted by Gasteiger charge is -2.25. The number of carbonyl (C=O) groups excluding carboxylic acids is 4. The van der Waals surface area contributed by atoms with Gasteiger partial charge in [0.25, 0.3) is 23.6 Å². The van der Waals surface area contributed by atoms with Crippen molar-refractivity contribution in [2.45, 2.75) is 71.5 Å². The molecule has 0 bridgehead atoms. The molecule has 0 atom stereocenters. The van der Waals surface area contributed by atoms with Gasteiger partial charge in [-0.3, -0.25) is 19.2 Å². The van der Waals surface area contributed by atoms with Crippen LogP contribution >= 0.6 is 0 Å². The second kappa shape index (κ2) is 24.7. The molecule has 20 nitrogen and oxygen atoms in total. The van der Waals surface area contributed by atoms with E-state index in [1.807, 2.05) is 48.5 Å². The minimum atomic E-state index is -3.84. The second-order valence-electron chi connectivity index (χ2n) is 20.5. The van der Waals surface area contributed by atoms with E-state index in [2.05, 4.69) is 51.9 Å². The smallest absolute Gasteiger partial charge is 0.272 e. The van der Waals surface area contributed by atoms with Crippen molar-refractivity contribution < 1.29 is 36.0 Å². The third kappa shape index (κ3) is 12.2. The molecule has 2 saturated carbocycles. The quantitative estimate of drug-likeness (QED) is 0.0624. The predicted octanol–water partition coefficient (Wildman–Crippen LogP) is 8.98. The average Bonchev–Trinajstić information content (AvgIpc) is 3.95. The van der Waals surface area contributed by atoms with E-state index >= 15 is 0 Å². The van der Waals surface area contributed by atoms with Crippen LogP contribution in [0.15, 0.2) is 202 Å². The molecule has 12 rings (SSSR count). The maximum atomic E-state index is 13.5. The zero-order chi connectivity index (χ0) is 58.2. The third-order valence-electron chi connectivity index (χ3n) is 15.0. The van der Waals surface area contributed by atoms with Gasteiger partial charge in [0, 0.05) is 36.6 Å². The number of sulfone groups is 2. The molecule has 4 amide bonds. The second-order valence-corrected chi connectivity index (χ2v) is 24.3. The van der Waals surface area contributed by atoms with Crippen molar-refractivity contribution in [2.24, 2.45) is 11.8 Å². The number of amides is 4. The Balaban J connectivity index is 0.000000175. The van der Waals surface area contributed by atoms with Crippen LogP contribution in [0.4, 0.5) is 11.4 Å². The summed E-state index contributed by atoms with van der Waals surface area (Å²) in [5.41, 5.74) is 3.38. The minimum Gasteiger partial charge on any atom is -0.350 e. The first kappa shape index (κ1) is 56.1. The molecule has 0 aliphatic heterocycles. The first-order chi connectivity index (χ1) is 40.8. The largest absolute Gasteiger partial charge is 0.350 e. The molecule has 4 N–H and O–H groups in total. The van der Waals surface area contributed by atoms with Crippen molar-refractivity contribution in [3.8, 4) is 0 Å². The van der Waals surface area contributed by atoms with Crippen molar-refractivity contribution >= 4 is 76.2 Å². The Labute approximate surface area is 483 Å². The highest BCUT2D eigenvalue weighted by Gasteiger charge is 2.27. The summed E-state index contributed by atoms with van der Waals surface area (Å²) in [6.07, 6.45) is 12.5. The van der Waals surface area contributed by atoms with Gasteiger partial charge < -0.3 is 21.3 Å². The molecule has 4 heterocycles. The lowest BCUT2D eigenvalue weighted by molar-refractivity contribution is 0.0926. The molecule has 0 spiro atoms. The summed E-state index contributed by atoms with van der Waals surface area (Å²) in [5, 5.41) is 30.2. The number of nitrogens with zero attached hydrogens (tertiary/aromatic N) is 8. The Bertz CT molecular complexity index is 4320. The van der Waals surface area contributed by atoms with Gasteiger partial charge in [0.05, 0.1) is 46.6 Å². The number of carbonyl (C=O) groups is 4. The predicted molar refractivity (Wildman–Crippen MR) is 314 cm³/mol. The van der Waals surface area contributed by atoms with E-state index in [-0.39, 0.29) is 62.0 Å². The lowest BCUT2D eigenvalue weighted by Crippen LogP contribution is -2.33. The van der Waals surface area contributed by atoms with Gasteiger partial charge in [-0.05, 0) is 131 Å². The lowest BCUT2D eigenvalue weighted by atomic mass is 9.85. The van der Waals surface area contributed by atoms with Crippen molar-refractivity contribution in [2.75, 3.05) is 23.7 Å². The van der Waals surface area contributed by atoms with E-state index in [0.29, 0.717) is 58.2 Å². The normalized spacial score (nSPS) is 13.4. The van der Waals surface area contributed by atoms with Crippen molar-refractivity contribution in [1.82, 2.24) is 50.6 Å². The van der Waals surface area contributed by atoms with Crippen LogP contribution in [0.2, 0.25) is 0 Å². The van der Waals surface area contributed by atoms with Gasteiger partial charge in [-0.2, -0.15) is 0 Å². The Morgan fingerprint density at radius 1 is 0.488 bits per heavy atom. The monoisotopic (exact) mass is 1160 g/mol. The fourth-order valence-electron chi connectivity index (χ4n) is 10.0. The molecule has 4 aromatic heterocycles. The molecule has 0 radical (unpaired) electrons. The molecule has 10 aromatic rings. The highest BCUT2D eigenvalue weighted by atomic mass is 32.2. The molecule has 2 aliphatic carbocycles. The number of aromatic nitrogens is 8. The topological polar surface area (TPSA) is 272 Å². The molecule has 6 aromatic carbocycles. The van der Waals surface area contributed by atoms with Gasteiger partial charge in [-0.15, -0.1) is 10.2 Å². The highest BCUT2D eigenvalue weighted by molar-refractivity contribution is 7.91. The van der Waals surface area contributed by atoms with Crippen molar-refractivity contribution in [1.29, 1.82) is 0 Å². The van der Waals surface area contributed by atoms with Crippen LogP contribution in [0.25, 0.3) is 21.5 Å². The zero-order valence-electron chi connectivity index (χ0n) is 45.2. The number of anilines is 2.